The Labute approximate surface area is 124 Å². The molecule has 3 heteroatoms. The number of anilines is 1. The molecule has 0 fully saturated rings. The first-order valence-electron chi connectivity index (χ1n) is 7.09. The van der Waals surface area contributed by atoms with Crippen LogP contribution in [0.4, 0.5) is 5.69 Å². The third kappa shape index (κ3) is 3.51. The molecule has 0 amide bonds. The van der Waals surface area contributed by atoms with Crippen LogP contribution in [0.1, 0.15) is 5.56 Å². The molecule has 0 spiro atoms. The average Bonchev–Trinajstić information content (AvgIpc) is 2.51. The van der Waals surface area contributed by atoms with Crippen LogP contribution in [-0.2, 0) is 0 Å². The van der Waals surface area contributed by atoms with Gasteiger partial charge in [-0.15, -0.1) is 0 Å². The zero-order valence-electron chi connectivity index (χ0n) is 12.0. The number of aryl methyl sites for hydroxylation is 1. The van der Waals surface area contributed by atoms with Crippen LogP contribution in [0.2, 0.25) is 0 Å². The third-order valence-electron chi connectivity index (χ3n) is 3.30. The zero-order valence-corrected chi connectivity index (χ0v) is 12.0. The molecule has 0 unspecified atom stereocenters. The number of nitrogens with zero attached hydrogens (tertiary/aromatic N) is 1. The molecule has 0 aliphatic carbocycles. The number of nitrogens with one attached hydrogen (secondary N) is 1. The van der Waals surface area contributed by atoms with Crippen LogP contribution < -0.4 is 10.1 Å². The minimum atomic E-state index is 0.617. The lowest BCUT2D eigenvalue weighted by Gasteiger charge is -2.09. The van der Waals surface area contributed by atoms with E-state index in [2.05, 4.69) is 35.4 Å². The lowest BCUT2D eigenvalue weighted by atomic mass is 10.2. The van der Waals surface area contributed by atoms with Gasteiger partial charge in [0.2, 0.25) is 0 Å². The molecule has 21 heavy (non-hydrogen) atoms. The molecule has 0 saturated carbocycles. The highest BCUT2D eigenvalue weighted by Crippen LogP contribution is 2.18. The van der Waals surface area contributed by atoms with Gasteiger partial charge in [-0.3, -0.25) is 4.98 Å². The topological polar surface area (TPSA) is 34.1 Å². The second kappa shape index (κ2) is 6.27. The van der Waals surface area contributed by atoms with E-state index in [0.29, 0.717) is 6.61 Å². The minimum absolute atomic E-state index is 0.617. The first-order valence-corrected chi connectivity index (χ1v) is 7.09. The van der Waals surface area contributed by atoms with E-state index in [0.717, 1.165) is 28.9 Å². The van der Waals surface area contributed by atoms with Gasteiger partial charge in [-0.2, -0.15) is 0 Å². The molecule has 3 nitrogen and oxygen atoms in total. The second-order valence-electron chi connectivity index (χ2n) is 5.00. The summed E-state index contributed by atoms with van der Waals surface area (Å²) in [6.07, 6.45) is 1.80. The fourth-order valence-electron chi connectivity index (χ4n) is 2.26. The Morgan fingerprint density at radius 2 is 2.00 bits per heavy atom. The fourth-order valence-corrected chi connectivity index (χ4v) is 2.26. The molecule has 3 aromatic rings. The quantitative estimate of drug-likeness (QED) is 0.715. The Morgan fingerprint density at radius 3 is 2.90 bits per heavy atom. The average molecular weight is 278 g/mol. The molecule has 0 bridgehead atoms. The van der Waals surface area contributed by atoms with E-state index in [1.54, 1.807) is 6.20 Å². The Hall–Kier alpha value is -2.55. The molecule has 106 valence electrons. The molecule has 0 radical (unpaired) electrons. The van der Waals surface area contributed by atoms with Crippen molar-refractivity contribution in [3.05, 3.63) is 66.4 Å². The van der Waals surface area contributed by atoms with Gasteiger partial charge >= 0.3 is 0 Å². The largest absolute Gasteiger partial charge is 0.492 e. The Balaban J connectivity index is 1.54. The van der Waals surface area contributed by atoms with Crippen LogP contribution in [0.3, 0.4) is 0 Å². The van der Waals surface area contributed by atoms with Crippen molar-refractivity contribution in [2.45, 2.75) is 6.92 Å². The maximum absolute atomic E-state index is 5.76. The highest BCUT2D eigenvalue weighted by atomic mass is 16.5. The van der Waals surface area contributed by atoms with Gasteiger partial charge in [0.1, 0.15) is 12.4 Å². The summed E-state index contributed by atoms with van der Waals surface area (Å²) in [4.78, 5) is 4.33. The van der Waals surface area contributed by atoms with Crippen LogP contribution in [0.15, 0.2) is 60.8 Å². The predicted octanol–water partition coefficient (Wildman–Crippen LogP) is 4.03. The third-order valence-corrected chi connectivity index (χ3v) is 3.30. The normalized spacial score (nSPS) is 10.5. The van der Waals surface area contributed by atoms with Gasteiger partial charge in [0.15, 0.2) is 0 Å². The fraction of sp³-hybridized carbons (Fsp3) is 0.167. The zero-order chi connectivity index (χ0) is 14.5. The molecular weight excluding hydrogens is 260 g/mol. The molecule has 3 rings (SSSR count). The Morgan fingerprint density at radius 1 is 1.05 bits per heavy atom. The lowest BCUT2D eigenvalue weighted by molar-refractivity contribution is 0.333. The molecule has 0 saturated heterocycles. The number of aromatic nitrogens is 1. The molecular formula is C18H18N2O. The van der Waals surface area contributed by atoms with Crippen molar-refractivity contribution < 1.29 is 4.74 Å². The van der Waals surface area contributed by atoms with Gasteiger partial charge in [-0.1, -0.05) is 18.2 Å². The van der Waals surface area contributed by atoms with E-state index in [1.165, 1.54) is 5.56 Å². The maximum Gasteiger partial charge on any atom is 0.121 e. The summed E-state index contributed by atoms with van der Waals surface area (Å²) in [7, 11) is 0. The van der Waals surface area contributed by atoms with Crippen LogP contribution in [0.5, 0.6) is 5.75 Å². The predicted molar refractivity (Wildman–Crippen MR) is 86.9 cm³/mol. The summed E-state index contributed by atoms with van der Waals surface area (Å²) in [6.45, 7) is 3.47. The van der Waals surface area contributed by atoms with Crippen LogP contribution in [0.25, 0.3) is 10.9 Å². The van der Waals surface area contributed by atoms with E-state index in [-0.39, 0.29) is 0 Å². The molecule has 1 N–H and O–H groups in total. The van der Waals surface area contributed by atoms with E-state index < -0.39 is 0 Å². The van der Waals surface area contributed by atoms with Crippen LogP contribution >= 0.6 is 0 Å². The SMILES string of the molecule is Cc1cccc(NCCOc2ccc3cccnc3c2)c1. The standard InChI is InChI=1S/C18H18N2O/c1-14-4-2-6-16(12-14)19-10-11-21-17-8-7-15-5-3-9-20-18(15)13-17/h2-9,12-13,19H,10-11H2,1H3. The second-order valence-corrected chi connectivity index (χ2v) is 5.00. The molecule has 1 aromatic heterocycles. The van der Waals surface area contributed by atoms with Crippen molar-refractivity contribution in [3.8, 4) is 5.75 Å². The number of hydrogen-bond donors (Lipinski definition) is 1. The number of pyridine rings is 1. The summed E-state index contributed by atoms with van der Waals surface area (Å²) in [6, 6.07) is 18.3. The maximum atomic E-state index is 5.76. The van der Waals surface area contributed by atoms with Gasteiger partial charge in [-0.05, 0) is 42.8 Å². The highest BCUT2D eigenvalue weighted by molar-refractivity contribution is 5.79. The van der Waals surface area contributed by atoms with Gasteiger partial charge in [0, 0.05) is 29.9 Å². The monoisotopic (exact) mass is 278 g/mol. The number of fused-ring (bicyclic) bond motifs is 1. The molecule has 1 heterocycles. The van der Waals surface area contributed by atoms with E-state index in [9.17, 15) is 0 Å². The summed E-state index contributed by atoms with van der Waals surface area (Å²) in [5, 5.41) is 4.48. The van der Waals surface area contributed by atoms with Crippen molar-refractivity contribution in [1.29, 1.82) is 0 Å². The van der Waals surface area contributed by atoms with E-state index in [4.69, 9.17) is 4.74 Å². The molecule has 0 atom stereocenters. The van der Waals surface area contributed by atoms with Gasteiger partial charge in [0.05, 0.1) is 5.52 Å². The number of hydrogen-bond acceptors (Lipinski definition) is 3. The first kappa shape index (κ1) is 13.4. The lowest BCUT2D eigenvalue weighted by Crippen LogP contribution is -2.11. The van der Waals surface area contributed by atoms with E-state index >= 15 is 0 Å². The summed E-state index contributed by atoms with van der Waals surface area (Å²) >= 11 is 0. The summed E-state index contributed by atoms with van der Waals surface area (Å²) in [5.74, 6) is 0.854. The van der Waals surface area contributed by atoms with Crippen LogP contribution in [0, 0.1) is 6.92 Å². The number of benzene rings is 2. The highest BCUT2D eigenvalue weighted by Gasteiger charge is 1.98. The Kier molecular flexibility index (Phi) is 4.01. The van der Waals surface area contributed by atoms with Crippen molar-refractivity contribution >= 4 is 16.6 Å². The minimum Gasteiger partial charge on any atom is -0.492 e. The van der Waals surface area contributed by atoms with Gasteiger partial charge in [0.25, 0.3) is 0 Å². The van der Waals surface area contributed by atoms with Gasteiger partial charge in [-0.25, -0.2) is 0 Å². The summed E-state index contributed by atoms with van der Waals surface area (Å²) in [5.41, 5.74) is 3.34. The summed E-state index contributed by atoms with van der Waals surface area (Å²) < 4.78 is 5.76. The molecule has 2 aromatic carbocycles. The van der Waals surface area contributed by atoms with E-state index in [1.807, 2.05) is 36.4 Å². The van der Waals surface area contributed by atoms with Crippen molar-refractivity contribution in [2.24, 2.45) is 0 Å². The van der Waals surface area contributed by atoms with Gasteiger partial charge < -0.3 is 10.1 Å². The van der Waals surface area contributed by atoms with Crippen molar-refractivity contribution in [2.75, 3.05) is 18.5 Å². The molecule has 0 aliphatic rings. The van der Waals surface area contributed by atoms with Crippen molar-refractivity contribution in [3.63, 3.8) is 0 Å². The molecule has 0 aliphatic heterocycles. The Bertz CT molecular complexity index is 740. The number of ether oxygens (including phenoxy) is 1. The number of rotatable bonds is 5. The first-order chi connectivity index (χ1) is 10.3. The smallest absolute Gasteiger partial charge is 0.121 e. The van der Waals surface area contributed by atoms with Crippen LogP contribution in [-0.4, -0.2) is 18.1 Å². The van der Waals surface area contributed by atoms with Crippen molar-refractivity contribution in [1.82, 2.24) is 4.98 Å².